The Morgan fingerprint density at radius 1 is 1.21 bits per heavy atom. The van der Waals surface area contributed by atoms with Gasteiger partial charge in [0.25, 0.3) is 0 Å². The summed E-state index contributed by atoms with van der Waals surface area (Å²) in [4.78, 5) is 23.2. The number of anilines is 1. The van der Waals surface area contributed by atoms with Crippen molar-refractivity contribution in [2.24, 2.45) is 7.05 Å². The van der Waals surface area contributed by atoms with Crippen molar-refractivity contribution in [2.45, 2.75) is 5.16 Å². The van der Waals surface area contributed by atoms with Crippen molar-refractivity contribution in [2.75, 3.05) is 17.6 Å². The molecule has 1 aromatic carbocycles. The van der Waals surface area contributed by atoms with E-state index in [-0.39, 0.29) is 5.75 Å². The lowest BCUT2D eigenvalue weighted by atomic mass is 10.2. The van der Waals surface area contributed by atoms with E-state index in [4.69, 9.17) is 0 Å². The number of amides is 2. The van der Waals surface area contributed by atoms with Gasteiger partial charge in [-0.05, 0) is 12.1 Å². The molecule has 24 heavy (non-hydrogen) atoms. The molecule has 7 nitrogen and oxygen atoms in total. The van der Waals surface area contributed by atoms with Crippen LogP contribution in [0.4, 0.5) is 18.9 Å². The molecule has 128 valence electrons. The Bertz CT molecular complexity index is 768. The number of carbonyl (C=O) groups excluding carboxylic acids is 2. The summed E-state index contributed by atoms with van der Waals surface area (Å²) in [5, 5.41) is 12.3. The third-order valence-electron chi connectivity index (χ3n) is 2.76. The van der Waals surface area contributed by atoms with Crippen LogP contribution in [-0.4, -0.2) is 38.9 Å². The van der Waals surface area contributed by atoms with Crippen LogP contribution in [0.2, 0.25) is 0 Å². The second-order valence-corrected chi connectivity index (χ2v) is 5.50. The molecule has 2 aromatic rings. The van der Waals surface area contributed by atoms with Crippen LogP contribution < -0.4 is 10.6 Å². The van der Waals surface area contributed by atoms with E-state index >= 15 is 0 Å². The van der Waals surface area contributed by atoms with Crippen LogP contribution in [0.15, 0.2) is 23.6 Å². The Labute approximate surface area is 138 Å². The van der Waals surface area contributed by atoms with Crippen LogP contribution in [0, 0.1) is 17.5 Å². The number of carbonyl (C=O) groups is 2. The van der Waals surface area contributed by atoms with Crippen LogP contribution >= 0.6 is 11.8 Å². The Kier molecular flexibility index (Phi) is 5.79. The van der Waals surface area contributed by atoms with Crippen molar-refractivity contribution in [1.29, 1.82) is 0 Å². The summed E-state index contributed by atoms with van der Waals surface area (Å²) < 4.78 is 40.8. The minimum absolute atomic E-state index is 0.000644. The molecule has 0 spiro atoms. The lowest BCUT2D eigenvalue weighted by Gasteiger charge is -2.08. The number of hydrogen-bond acceptors (Lipinski definition) is 5. The Balaban J connectivity index is 1.80. The summed E-state index contributed by atoms with van der Waals surface area (Å²) >= 11 is 1.12. The fraction of sp³-hybridized carbons (Fsp3) is 0.231. The van der Waals surface area contributed by atoms with E-state index in [9.17, 15) is 22.8 Å². The average Bonchev–Trinajstić information content (AvgIpc) is 2.96. The minimum atomic E-state index is -1.68. The van der Waals surface area contributed by atoms with Gasteiger partial charge in [-0.15, -0.1) is 10.2 Å². The summed E-state index contributed by atoms with van der Waals surface area (Å²) in [5.41, 5.74) is -0.512. The van der Waals surface area contributed by atoms with E-state index < -0.39 is 41.5 Å². The first-order valence-electron chi connectivity index (χ1n) is 6.55. The monoisotopic (exact) mass is 359 g/mol. The van der Waals surface area contributed by atoms with Crippen LogP contribution in [0.5, 0.6) is 0 Å². The van der Waals surface area contributed by atoms with E-state index in [1.807, 2.05) is 5.32 Å². The van der Waals surface area contributed by atoms with E-state index in [0.29, 0.717) is 11.2 Å². The van der Waals surface area contributed by atoms with Crippen molar-refractivity contribution in [1.82, 2.24) is 20.1 Å². The summed E-state index contributed by atoms with van der Waals surface area (Å²) in [6.45, 7) is -0.448. The maximum Gasteiger partial charge on any atom is 0.243 e. The Morgan fingerprint density at radius 2 is 1.96 bits per heavy atom. The van der Waals surface area contributed by atoms with Crippen LogP contribution in [0.3, 0.4) is 0 Å². The number of rotatable bonds is 6. The highest BCUT2D eigenvalue weighted by atomic mass is 32.2. The molecule has 1 aromatic heterocycles. The van der Waals surface area contributed by atoms with Gasteiger partial charge in [-0.3, -0.25) is 9.59 Å². The lowest BCUT2D eigenvalue weighted by molar-refractivity contribution is -0.122. The van der Waals surface area contributed by atoms with Crippen molar-refractivity contribution < 1.29 is 22.8 Å². The van der Waals surface area contributed by atoms with Gasteiger partial charge in [-0.1, -0.05) is 11.8 Å². The van der Waals surface area contributed by atoms with Crippen LogP contribution in [-0.2, 0) is 16.6 Å². The quantitative estimate of drug-likeness (QED) is 0.595. The number of halogens is 3. The molecular weight excluding hydrogens is 347 g/mol. The maximum atomic E-state index is 13.4. The van der Waals surface area contributed by atoms with Gasteiger partial charge in [0.15, 0.2) is 22.6 Å². The highest BCUT2D eigenvalue weighted by molar-refractivity contribution is 7.99. The topological polar surface area (TPSA) is 88.9 Å². The molecule has 11 heteroatoms. The predicted molar refractivity (Wildman–Crippen MR) is 79.7 cm³/mol. The number of nitrogens with one attached hydrogen (secondary N) is 2. The number of benzene rings is 1. The fourth-order valence-corrected chi connectivity index (χ4v) is 2.30. The third-order valence-corrected chi connectivity index (χ3v) is 3.79. The van der Waals surface area contributed by atoms with Gasteiger partial charge in [0.05, 0.1) is 18.0 Å². The minimum Gasteiger partial charge on any atom is -0.346 e. The summed E-state index contributed by atoms with van der Waals surface area (Å²) in [6, 6.07) is 1.57. The molecule has 0 unspecified atom stereocenters. The van der Waals surface area contributed by atoms with Gasteiger partial charge in [0.2, 0.25) is 11.8 Å². The molecule has 1 heterocycles. The first-order chi connectivity index (χ1) is 11.4. The van der Waals surface area contributed by atoms with Crippen molar-refractivity contribution >= 4 is 29.3 Å². The van der Waals surface area contributed by atoms with E-state index in [1.165, 1.54) is 6.33 Å². The van der Waals surface area contributed by atoms with E-state index in [2.05, 4.69) is 15.5 Å². The van der Waals surface area contributed by atoms with Gasteiger partial charge in [0, 0.05) is 7.05 Å². The van der Waals surface area contributed by atoms with Gasteiger partial charge in [-0.25, -0.2) is 13.2 Å². The molecule has 0 aliphatic rings. The molecule has 0 fully saturated rings. The van der Waals surface area contributed by atoms with E-state index in [0.717, 1.165) is 17.8 Å². The zero-order valence-corrected chi connectivity index (χ0v) is 13.2. The molecule has 2 N–H and O–H groups in total. The highest BCUT2D eigenvalue weighted by Gasteiger charge is 2.15. The zero-order chi connectivity index (χ0) is 17.7. The van der Waals surface area contributed by atoms with Crippen molar-refractivity contribution in [3.8, 4) is 0 Å². The van der Waals surface area contributed by atoms with E-state index in [1.54, 1.807) is 11.6 Å². The van der Waals surface area contributed by atoms with Crippen LogP contribution in [0.25, 0.3) is 0 Å². The molecule has 2 amide bonds. The SMILES string of the molecule is Cn1cnnc1SCC(=O)NCC(=O)Nc1ccc(F)c(F)c1F. The van der Waals surface area contributed by atoms with Crippen LogP contribution in [0.1, 0.15) is 0 Å². The standard InChI is InChI=1S/C13H12F3N5O2S/c1-21-6-18-20-13(21)24-5-10(23)17-4-9(22)19-8-3-2-7(14)11(15)12(8)16/h2-3,6H,4-5H2,1H3,(H,17,23)(H,19,22). The Morgan fingerprint density at radius 3 is 2.62 bits per heavy atom. The number of thioether (sulfide) groups is 1. The molecule has 0 radical (unpaired) electrons. The lowest BCUT2D eigenvalue weighted by Crippen LogP contribution is -2.34. The predicted octanol–water partition coefficient (Wildman–Crippen LogP) is 1.08. The molecule has 2 rings (SSSR count). The normalized spacial score (nSPS) is 10.5. The second-order valence-electron chi connectivity index (χ2n) is 4.56. The summed E-state index contributed by atoms with van der Waals surface area (Å²) in [7, 11) is 1.71. The first-order valence-corrected chi connectivity index (χ1v) is 7.54. The molecule has 0 aliphatic heterocycles. The first kappa shape index (κ1) is 17.8. The fourth-order valence-electron chi connectivity index (χ4n) is 1.58. The zero-order valence-electron chi connectivity index (χ0n) is 12.3. The number of nitrogens with zero attached hydrogens (tertiary/aromatic N) is 3. The van der Waals surface area contributed by atoms with Crippen molar-refractivity contribution in [3.63, 3.8) is 0 Å². The molecule has 0 bridgehead atoms. The largest absolute Gasteiger partial charge is 0.346 e. The third kappa shape index (κ3) is 4.47. The average molecular weight is 359 g/mol. The smallest absolute Gasteiger partial charge is 0.243 e. The van der Waals surface area contributed by atoms with Crippen molar-refractivity contribution in [3.05, 3.63) is 35.9 Å². The second kappa shape index (κ2) is 7.81. The molecular formula is C13H12F3N5O2S. The summed E-state index contributed by atoms with van der Waals surface area (Å²) in [5.74, 6) is -5.79. The van der Waals surface area contributed by atoms with Gasteiger partial charge >= 0.3 is 0 Å². The summed E-state index contributed by atoms with van der Waals surface area (Å²) in [6.07, 6.45) is 1.48. The molecule has 0 saturated carbocycles. The Hall–Kier alpha value is -2.56. The highest BCUT2D eigenvalue weighted by Crippen LogP contribution is 2.19. The number of aromatic nitrogens is 3. The van der Waals surface area contributed by atoms with Gasteiger partial charge in [-0.2, -0.15) is 0 Å². The molecule has 0 saturated heterocycles. The maximum absolute atomic E-state index is 13.4. The number of aryl methyl sites for hydroxylation is 1. The van der Waals surface area contributed by atoms with Gasteiger partial charge < -0.3 is 15.2 Å². The number of hydrogen-bond donors (Lipinski definition) is 2. The molecule has 0 atom stereocenters. The molecule has 0 aliphatic carbocycles. The van der Waals surface area contributed by atoms with Gasteiger partial charge in [0.1, 0.15) is 6.33 Å².